The highest BCUT2D eigenvalue weighted by Crippen LogP contribution is 2.09. The molecule has 0 aliphatic heterocycles. The zero-order valence-electron chi connectivity index (χ0n) is 10.9. The molecule has 106 valence electrons. The summed E-state index contributed by atoms with van der Waals surface area (Å²) in [5, 5.41) is 14.8. The van der Waals surface area contributed by atoms with Gasteiger partial charge in [0.25, 0.3) is 0 Å². The van der Waals surface area contributed by atoms with E-state index in [0.717, 1.165) is 18.2 Å². The zero-order valence-corrected chi connectivity index (χ0v) is 11.7. The number of aliphatic carboxylic acids is 1. The zero-order chi connectivity index (χ0) is 14.3. The molecule has 0 saturated heterocycles. The van der Waals surface area contributed by atoms with Crippen LogP contribution in [0.3, 0.4) is 0 Å². The molecule has 0 bridgehead atoms. The standard InChI is InChI=1S/C11H17N3O4S/c1-7(2)3-4-12-10(17)11-13-8(14-18-11)5-19-6-9(15)16/h7H,3-6H2,1-2H3,(H,12,17)(H,15,16). The van der Waals surface area contributed by atoms with Gasteiger partial charge in [0.05, 0.1) is 11.5 Å². The minimum absolute atomic E-state index is 0.0372. The molecule has 2 N–H and O–H groups in total. The average Bonchev–Trinajstić information content (AvgIpc) is 2.76. The van der Waals surface area contributed by atoms with Crippen LogP contribution in [0.25, 0.3) is 0 Å². The van der Waals surface area contributed by atoms with Crippen molar-refractivity contribution in [2.45, 2.75) is 26.0 Å². The molecule has 0 saturated carbocycles. The van der Waals surface area contributed by atoms with E-state index in [-0.39, 0.29) is 11.6 Å². The lowest BCUT2D eigenvalue weighted by Gasteiger charge is -2.04. The Morgan fingerprint density at radius 2 is 2.21 bits per heavy atom. The SMILES string of the molecule is CC(C)CCNC(=O)c1nc(CSCC(=O)O)no1. The van der Waals surface area contributed by atoms with E-state index >= 15 is 0 Å². The molecule has 0 aromatic carbocycles. The largest absolute Gasteiger partial charge is 0.481 e. The van der Waals surface area contributed by atoms with Crippen LogP contribution in [0.15, 0.2) is 4.52 Å². The molecule has 19 heavy (non-hydrogen) atoms. The smallest absolute Gasteiger partial charge is 0.315 e. The molecule has 0 unspecified atom stereocenters. The quantitative estimate of drug-likeness (QED) is 0.739. The lowest BCUT2D eigenvalue weighted by molar-refractivity contribution is -0.133. The lowest BCUT2D eigenvalue weighted by Crippen LogP contribution is -2.25. The molecule has 1 heterocycles. The number of carbonyl (C=O) groups is 2. The summed E-state index contributed by atoms with van der Waals surface area (Å²) in [6.07, 6.45) is 0.876. The summed E-state index contributed by atoms with van der Waals surface area (Å²) in [4.78, 5) is 25.8. The molecule has 0 fully saturated rings. The maximum Gasteiger partial charge on any atom is 0.315 e. The van der Waals surface area contributed by atoms with Gasteiger partial charge < -0.3 is 14.9 Å². The molecular weight excluding hydrogens is 270 g/mol. The predicted octanol–water partition coefficient (Wildman–Crippen LogP) is 1.16. The Balaban J connectivity index is 2.36. The van der Waals surface area contributed by atoms with E-state index < -0.39 is 11.9 Å². The minimum atomic E-state index is -0.903. The Bertz CT molecular complexity index is 433. The van der Waals surface area contributed by atoms with E-state index in [0.29, 0.717) is 24.0 Å². The van der Waals surface area contributed by atoms with Crippen molar-refractivity contribution in [3.05, 3.63) is 11.7 Å². The van der Waals surface area contributed by atoms with Crippen molar-refractivity contribution in [1.29, 1.82) is 0 Å². The van der Waals surface area contributed by atoms with Gasteiger partial charge in [0.2, 0.25) is 0 Å². The molecule has 1 aromatic heterocycles. The number of amides is 1. The fourth-order valence-electron chi connectivity index (χ4n) is 1.18. The van der Waals surface area contributed by atoms with Crippen LogP contribution in [0.4, 0.5) is 0 Å². The highest BCUT2D eigenvalue weighted by atomic mass is 32.2. The fourth-order valence-corrected chi connectivity index (χ4v) is 1.76. The Hall–Kier alpha value is -1.57. The average molecular weight is 287 g/mol. The number of thioether (sulfide) groups is 1. The summed E-state index contributed by atoms with van der Waals surface area (Å²) in [7, 11) is 0. The summed E-state index contributed by atoms with van der Waals surface area (Å²) in [5.74, 6) is -0.303. The molecule has 0 aliphatic rings. The third-order valence-corrected chi connectivity index (χ3v) is 3.04. The number of rotatable bonds is 8. The van der Waals surface area contributed by atoms with Crippen LogP contribution in [0.1, 0.15) is 36.8 Å². The molecule has 7 nitrogen and oxygen atoms in total. The van der Waals surface area contributed by atoms with E-state index in [1.807, 2.05) is 0 Å². The highest BCUT2D eigenvalue weighted by molar-refractivity contribution is 7.99. The molecular formula is C11H17N3O4S. The maximum absolute atomic E-state index is 11.6. The van der Waals surface area contributed by atoms with Crippen molar-refractivity contribution in [3.8, 4) is 0 Å². The summed E-state index contributed by atoms with van der Waals surface area (Å²) in [6.45, 7) is 4.69. The van der Waals surface area contributed by atoms with Crippen molar-refractivity contribution in [3.63, 3.8) is 0 Å². The van der Waals surface area contributed by atoms with Gasteiger partial charge in [-0.25, -0.2) is 0 Å². The third-order valence-electron chi connectivity index (χ3n) is 2.13. The van der Waals surface area contributed by atoms with Gasteiger partial charge in [-0.2, -0.15) is 4.98 Å². The Morgan fingerprint density at radius 3 is 2.84 bits per heavy atom. The molecule has 0 spiro atoms. The highest BCUT2D eigenvalue weighted by Gasteiger charge is 2.14. The van der Waals surface area contributed by atoms with E-state index in [2.05, 4.69) is 29.3 Å². The van der Waals surface area contributed by atoms with Gasteiger partial charge in [-0.1, -0.05) is 19.0 Å². The topological polar surface area (TPSA) is 105 Å². The minimum Gasteiger partial charge on any atom is -0.481 e. The predicted molar refractivity (Wildman–Crippen MR) is 69.9 cm³/mol. The number of carboxylic acids is 1. The molecule has 0 aliphatic carbocycles. The van der Waals surface area contributed by atoms with Gasteiger partial charge >= 0.3 is 17.8 Å². The van der Waals surface area contributed by atoms with Gasteiger partial charge in [0.15, 0.2) is 5.82 Å². The number of nitrogens with zero attached hydrogens (tertiary/aromatic N) is 2. The summed E-state index contributed by atoms with van der Waals surface area (Å²) in [5.41, 5.74) is 0. The maximum atomic E-state index is 11.6. The second-order valence-electron chi connectivity index (χ2n) is 4.34. The number of carbonyl (C=O) groups excluding carboxylic acids is 1. The number of aromatic nitrogens is 2. The van der Waals surface area contributed by atoms with Crippen LogP contribution in [-0.4, -0.2) is 39.4 Å². The Kier molecular flexibility index (Phi) is 6.34. The molecule has 0 atom stereocenters. The van der Waals surface area contributed by atoms with Crippen molar-refractivity contribution in [1.82, 2.24) is 15.5 Å². The van der Waals surface area contributed by atoms with Crippen molar-refractivity contribution in [2.24, 2.45) is 5.92 Å². The van der Waals surface area contributed by atoms with Crippen LogP contribution in [0.2, 0.25) is 0 Å². The second kappa shape index (κ2) is 7.78. The van der Waals surface area contributed by atoms with E-state index in [1.54, 1.807) is 0 Å². The van der Waals surface area contributed by atoms with Crippen molar-refractivity contribution in [2.75, 3.05) is 12.3 Å². The first-order valence-electron chi connectivity index (χ1n) is 5.89. The second-order valence-corrected chi connectivity index (χ2v) is 5.33. The monoisotopic (exact) mass is 287 g/mol. The number of nitrogens with one attached hydrogen (secondary N) is 1. The first-order valence-corrected chi connectivity index (χ1v) is 7.05. The first kappa shape index (κ1) is 15.5. The van der Waals surface area contributed by atoms with Crippen LogP contribution < -0.4 is 5.32 Å². The van der Waals surface area contributed by atoms with Crippen LogP contribution in [0.5, 0.6) is 0 Å². The van der Waals surface area contributed by atoms with Gasteiger partial charge in [-0.05, 0) is 12.3 Å². The van der Waals surface area contributed by atoms with Crippen molar-refractivity contribution >= 4 is 23.6 Å². The summed E-state index contributed by atoms with van der Waals surface area (Å²) >= 11 is 1.15. The van der Waals surface area contributed by atoms with Crippen LogP contribution >= 0.6 is 11.8 Å². The van der Waals surface area contributed by atoms with Gasteiger partial charge in [-0.15, -0.1) is 11.8 Å². The van der Waals surface area contributed by atoms with Gasteiger partial charge in [-0.3, -0.25) is 9.59 Å². The fraction of sp³-hybridized carbons (Fsp3) is 0.636. The van der Waals surface area contributed by atoms with E-state index in [1.165, 1.54) is 0 Å². The van der Waals surface area contributed by atoms with Gasteiger partial charge in [0, 0.05) is 6.54 Å². The summed E-state index contributed by atoms with van der Waals surface area (Å²) in [6, 6.07) is 0. The van der Waals surface area contributed by atoms with Gasteiger partial charge in [0.1, 0.15) is 0 Å². The Morgan fingerprint density at radius 1 is 1.47 bits per heavy atom. The van der Waals surface area contributed by atoms with Crippen LogP contribution in [-0.2, 0) is 10.5 Å². The van der Waals surface area contributed by atoms with Crippen LogP contribution in [0, 0.1) is 5.92 Å². The first-order chi connectivity index (χ1) is 8.99. The molecule has 1 amide bonds. The molecule has 1 rings (SSSR count). The Labute approximate surface area is 115 Å². The summed E-state index contributed by atoms with van der Waals surface area (Å²) < 4.78 is 4.81. The number of hydrogen-bond acceptors (Lipinski definition) is 6. The van der Waals surface area contributed by atoms with E-state index in [4.69, 9.17) is 9.63 Å². The van der Waals surface area contributed by atoms with Crippen molar-refractivity contribution < 1.29 is 19.2 Å². The molecule has 1 aromatic rings. The molecule has 0 radical (unpaired) electrons. The third kappa shape index (κ3) is 6.23. The molecule has 8 heteroatoms. The van der Waals surface area contributed by atoms with E-state index in [9.17, 15) is 9.59 Å². The number of hydrogen-bond donors (Lipinski definition) is 2. The normalized spacial score (nSPS) is 10.7. The number of carboxylic acid groups (broad SMARTS) is 1. The lowest BCUT2D eigenvalue weighted by atomic mass is 10.1.